The Kier molecular flexibility index (Phi) is 7.72. The van der Waals surface area contributed by atoms with Crippen LogP contribution in [0.25, 0.3) is 0 Å². The number of carbonyl (C=O) groups excluding carboxylic acids is 2. The van der Waals surface area contributed by atoms with Crippen LogP contribution in [0.4, 0.5) is 10.8 Å². The molecular weight excluding hydrogens is 358 g/mol. The summed E-state index contributed by atoms with van der Waals surface area (Å²) in [7, 11) is 0. The Morgan fingerprint density at radius 3 is 1.81 bits per heavy atom. The van der Waals surface area contributed by atoms with Crippen LogP contribution in [0.15, 0.2) is 30.5 Å². The van der Waals surface area contributed by atoms with E-state index in [-0.39, 0.29) is 22.6 Å². The number of rotatable bonds is 2. The van der Waals surface area contributed by atoms with Crippen molar-refractivity contribution in [2.45, 2.75) is 66.2 Å². The summed E-state index contributed by atoms with van der Waals surface area (Å²) in [5, 5.41) is 6.34. The van der Waals surface area contributed by atoms with Crippen LogP contribution < -0.4 is 10.6 Å². The van der Waals surface area contributed by atoms with Crippen LogP contribution in [-0.4, -0.2) is 16.8 Å². The van der Waals surface area contributed by atoms with Gasteiger partial charge in [0.25, 0.3) is 0 Å². The number of hydrogen-bond donors (Lipinski definition) is 2. The lowest BCUT2D eigenvalue weighted by molar-refractivity contribution is -0.115. The largest absolute Gasteiger partial charge is 0.318 e. The monoisotopic (exact) mass is 389 g/mol. The molecule has 2 aromatic heterocycles. The van der Waals surface area contributed by atoms with Gasteiger partial charge in [0.05, 0.1) is 5.00 Å². The van der Waals surface area contributed by atoms with E-state index in [1.807, 2.05) is 18.2 Å². The molecule has 0 spiro atoms. The third-order valence-corrected chi connectivity index (χ3v) is 5.00. The van der Waals surface area contributed by atoms with E-state index in [2.05, 4.69) is 63.2 Å². The van der Waals surface area contributed by atoms with Gasteiger partial charge in [-0.05, 0) is 34.6 Å². The summed E-state index contributed by atoms with van der Waals surface area (Å²) in [6.07, 6.45) is 1.80. The second kappa shape index (κ2) is 9.13. The maximum absolute atomic E-state index is 10.8. The van der Waals surface area contributed by atoms with Crippen LogP contribution in [0.5, 0.6) is 0 Å². The van der Waals surface area contributed by atoms with Crippen molar-refractivity contribution in [1.82, 2.24) is 4.98 Å². The van der Waals surface area contributed by atoms with Crippen LogP contribution in [0, 0.1) is 0 Å². The Hall–Kier alpha value is -2.21. The fourth-order valence-electron chi connectivity index (χ4n) is 2.07. The van der Waals surface area contributed by atoms with E-state index >= 15 is 0 Å². The van der Waals surface area contributed by atoms with Crippen LogP contribution >= 0.6 is 11.3 Å². The summed E-state index contributed by atoms with van der Waals surface area (Å²) in [6.45, 7) is 15.9. The number of nitrogens with zero attached hydrogens (tertiary/aromatic N) is 1. The minimum Gasteiger partial charge on any atom is -0.318 e. The molecule has 2 aromatic rings. The summed E-state index contributed by atoms with van der Waals surface area (Å²) in [4.78, 5) is 27.0. The Morgan fingerprint density at radius 2 is 1.44 bits per heavy atom. The van der Waals surface area contributed by atoms with E-state index < -0.39 is 0 Å². The molecule has 5 nitrogen and oxygen atoms in total. The predicted octanol–water partition coefficient (Wildman–Crippen LogP) is 5.34. The maximum atomic E-state index is 10.8. The third kappa shape index (κ3) is 8.35. The first-order valence-electron chi connectivity index (χ1n) is 8.91. The molecule has 0 aliphatic heterocycles. The van der Waals surface area contributed by atoms with Gasteiger partial charge in [-0.3, -0.25) is 9.59 Å². The average Bonchev–Trinajstić information content (AvgIpc) is 2.94. The molecule has 0 atom stereocenters. The van der Waals surface area contributed by atoms with Crippen molar-refractivity contribution in [3.8, 4) is 0 Å². The van der Waals surface area contributed by atoms with E-state index in [0.717, 1.165) is 10.6 Å². The van der Waals surface area contributed by atoms with Gasteiger partial charge in [-0.2, -0.15) is 0 Å². The van der Waals surface area contributed by atoms with Gasteiger partial charge in [0, 0.05) is 24.9 Å². The molecule has 0 unspecified atom stereocenters. The lowest BCUT2D eigenvalue weighted by atomic mass is 9.88. The number of pyridine rings is 1. The second-order valence-electron chi connectivity index (χ2n) is 8.46. The molecule has 0 radical (unpaired) electrons. The zero-order valence-electron chi connectivity index (χ0n) is 17.6. The van der Waals surface area contributed by atoms with E-state index in [1.54, 1.807) is 17.5 Å². The quantitative estimate of drug-likeness (QED) is 0.728. The minimum absolute atomic E-state index is 0.0118. The molecule has 0 aromatic carbocycles. The van der Waals surface area contributed by atoms with Gasteiger partial charge in [-0.25, -0.2) is 4.98 Å². The van der Waals surface area contributed by atoms with Crippen LogP contribution in [0.2, 0.25) is 0 Å². The number of carbonyl (C=O) groups is 2. The molecule has 27 heavy (non-hydrogen) atoms. The molecule has 0 aliphatic carbocycles. The average molecular weight is 390 g/mol. The van der Waals surface area contributed by atoms with E-state index in [9.17, 15) is 9.59 Å². The topological polar surface area (TPSA) is 71.1 Å². The molecule has 6 heteroatoms. The number of nitrogens with one attached hydrogen (secondary N) is 2. The Morgan fingerprint density at radius 1 is 0.852 bits per heavy atom. The van der Waals surface area contributed by atoms with Crippen molar-refractivity contribution in [1.29, 1.82) is 0 Å². The first kappa shape index (κ1) is 22.8. The van der Waals surface area contributed by atoms with E-state index in [4.69, 9.17) is 0 Å². The van der Waals surface area contributed by atoms with Crippen molar-refractivity contribution >= 4 is 34.0 Å². The van der Waals surface area contributed by atoms with Gasteiger partial charge < -0.3 is 10.6 Å². The molecule has 2 heterocycles. The van der Waals surface area contributed by atoms with Crippen molar-refractivity contribution in [2.75, 3.05) is 10.6 Å². The number of aromatic nitrogens is 1. The smallest absolute Gasteiger partial charge is 0.222 e. The Labute approximate surface area is 166 Å². The van der Waals surface area contributed by atoms with Crippen LogP contribution in [0.3, 0.4) is 0 Å². The molecule has 2 amide bonds. The summed E-state index contributed by atoms with van der Waals surface area (Å²) >= 11 is 1.64. The van der Waals surface area contributed by atoms with Crippen LogP contribution in [-0.2, 0) is 20.4 Å². The van der Waals surface area contributed by atoms with Crippen molar-refractivity contribution in [3.05, 3.63) is 40.9 Å². The summed E-state index contributed by atoms with van der Waals surface area (Å²) in [5.41, 5.74) is 1.43. The highest BCUT2D eigenvalue weighted by Gasteiger charge is 2.16. The second-order valence-corrected chi connectivity index (χ2v) is 9.54. The Bertz CT molecular complexity index is 766. The highest BCUT2D eigenvalue weighted by Crippen LogP contribution is 2.32. The molecule has 2 N–H and O–H groups in total. The normalized spacial score (nSPS) is 11.3. The fraction of sp³-hybridized carbons (Fsp3) is 0.476. The third-order valence-electron chi connectivity index (χ3n) is 3.58. The Balaban J connectivity index is 0.000000271. The highest BCUT2D eigenvalue weighted by molar-refractivity contribution is 7.16. The van der Waals surface area contributed by atoms with Gasteiger partial charge in [0.15, 0.2) is 0 Å². The van der Waals surface area contributed by atoms with Gasteiger partial charge in [-0.1, -0.05) is 47.6 Å². The number of hydrogen-bond acceptors (Lipinski definition) is 4. The molecule has 0 bridgehead atoms. The van der Waals surface area contributed by atoms with E-state index in [0.29, 0.717) is 5.82 Å². The molecule has 2 rings (SSSR count). The van der Waals surface area contributed by atoms with Gasteiger partial charge in [-0.15, -0.1) is 11.3 Å². The van der Waals surface area contributed by atoms with Gasteiger partial charge in [0.2, 0.25) is 11.8 Å². The zero-order chi connectivity index (χ0) is 20.8. The zero-order valence-corrected chi connectivity index (χ0v) is 18.4. The molecule has 0 saturated heterocycles. The number of anilines is 2. The first-order chi connectivity index (χ1) is 12.3. The molecule has 148 valence electrons. The minimum atomic E-state index is -0.0963. The van der Waals surface area contributed by atoms with Crippen molar-refractivity contribution in [3.63, 3.8) is 0 Å². The molecule has 0 fully saturated rings. The summed E-state index contributed by atoms with van der Waals surface area (Å²) in [5.74, 6) is 0.494. The van der Waals surface area contributed by atoms with Gasteiger partial charge in [0.1, 0.15) is 5.82 Å². The molecule has 0 saturated carbocycles. The summed E-state index contributed by atoms with van der Waals surface area (Å²) < 4.78 is 0. The fourth-order valence-corrected chi connectivity index (χ4v) is 3.08. The van der Waals surface area contributed by atoms with Crippen molar-refractivity contribution in [2.24, 2.45) is 0 Å². The SMILES string of the molecule is CC(=O)Nc1ccc(C(C)(C)C)cn1.CC(=O)Nc1ccc(C(C)(C)C)s1. The standard InChI is InChI=1S/C11H16N2O.C10H15NOS/c1-8(14)13-10-6-5-9(7-12-10)11(2,3)4;1-7(12)11-9-6-5-8(13-9)10(2,3)4/h5-7H,1-4H3,(H,12,13,14);5-6H,1-4H3,(H,11,12). The first-order valence-corrected chi connectivity index (χ1v) is 9.72. The number of amides is 2. The van der Waals surface area contributed by atoms with E-state index in [1.165, 1.54) is 18.7 Å². The lowest BCUT2D eigenvalue weighted by Crippen LogP contribution is -2.12. The van der Waals surface area contributed by atoms with Crippen LogP contribution in [0.1, 0.15) is 65.8 Å². The van der Waals surface area contributed by atoms with Crippen molar-refractivity contribution < 1.29 is 9.59 Å². The number of thiophene rings is 1. The molecular formula is C21H31N3O2S. The molecule has 0 aliphatic rings. The summed E-state index contributed by atoms with van der Waals surface area (Å²) in [6, 6.07) is 7.82. The van der Waals surface area contributed by atoms with Gasteiger partial charge >= 0.3 is 0 Å². The predicted molar refractivity (Wildman–Crippen MR) is 115 cm³/mol. The lowest BCUT2D eigenvalue weighted by Gasteiger charge is -2.18. The maximum Gasteiger partial charge on any atom is 0.222 e. The highest BCUT2D eigenvalue weighted by atomic mass is 32.1.